The maximum Gasteiger partial charge on any atom is 0.417 e. The molecule has 24 heavy (non-hydrogen) atoms. The summed E-state index contributed by atoms with van der Waals surface area (Å²) in [6, 6.07) is 0.849. The van der Waals surface area contributed by atoms with Gasteiger partial charge in [0.15, 0.2) is 5.65 Å². The Morgan fingerprint density at radius 1 is 1.33 bits per heavy atom. The monoisotopic (exact) mass is 359 g/mol. The molecule has 1 amide bonds. The Kier molecular flexibility index (Phi) is 4.46. The molecular weight excluding hydrogens is 343 g/mol. The van der Waals surface area contributed by atoms with Crippen molar-refractivity contribution in [2.24, 2.45) is 5.92 Å². The number of carbonyl (C=O) groups excluding carboxylic acids is 1. The van der Waals surface area contributed by atoms with Crippen LogP contribution in [-0.4, -0.2) is 33.3 Å². The van der Waals surface area contributed by atoms with Gasteiger partial charge in [0.05, 0.1) is 22.7 Å². The third-order valence-electron chi connectivity index (χ3n) is 4.35. The minimum atomic E-state index is -4.48. The molecule has 1 fully saturated rings. The lowest BCUT2D eigenvalue weighted by Gasteiger charge is -2.30. The fourth-order valence-corrected chi connectivity index (χ4v) is 3.13. The normalized spacial score (nSPS) is 16.8. The average molecular weight is 360 g/mol. The summed E-state index contributed by atoms with van der Waals surface area (Å²) in [5, 5.41) is -0.0877. The van der Waals surface area contributed by atoms with Crippen LogP contribution in [-0.2, 0) is 17.4 Å². The summed E-state index contributed by atoms with van der Waals surface area (Å²) in [5.41, 5.74) is -0.208. The third kappa shape index (κ3) is 3.50. The Morgan fingerprint density at radius 3 is 2.62 bits per heavy atom. The molecule has 1 aliphatic rings. The minimum absolute atomic E-state index is 0.0579. The molecule has 0 radical (unpaired) electrons. The van der Waals surface area contributed by atoms with E-state index in [-0.39, 0.29) is 23.0 Å². The zero-order valence-corrected chi connectivity index (χ0v) is 13.9. The van der Waals surface area contributed by atoms with Gasteiger partial charge in [-0.1, -0.05) is 18.5 Å². The summed E-state index contributed by atoms with van der Waals surface area (Å²) in [6.07, 6.45) is -0.114. The van der Waals surface area contributed by atoms with Gasteiger partial charge in [-0.2, -0.15) is 13.2 Å². The predicted octanol–water partition coefficient (Wildman–Crippen LogP) is 3.81. The van der Waals surface area contributed by atoms with E-state index >= 15 is 0 Å². The quantitative estimate of drug-likeness (QED) is 0.817. The zero-order chi connectivity index (χ0) is 17.5. The number of alkyl halides is 3. The van der Waals surface area contributed by atoms with E-state index in [2.05, 4.69) is 11.9 Å². The molecule has 8 heteroatoms. The number of pyridine rings is 1. The van der Waals surface area contributed by atoms with E-state index in [1.54, 1.807) is 4.90 Å². The van der Waals surface area contributed by atoms with Gasteiger partial charge in [-0.05, 0) is 24.8 Å². The molecule has 0 aliphatic carbocycles. The molecular formula is C16H17ClF3N3O. The summed E-state index contributed by atoms with van der Waals surface area (Å²) >= 11 is 5.90. The van der Waals surface area contributed by atoms with Crippen LogP contribution in [0.15, 0.2) is 18.5 Å². The van der Waals surface area contributed by atoms with Gasteiger partial charge in [0, 0.05) is 25.5 Å². The highest BCUT2D eigenvalue weighted by atomic mass is 35.5. The van der Waals surface area contributed by atoms with Crippen LogP contribution < -0.4 is 0 Å². The molecule has 0 aromatic carbocycles. The van der Waals surface area contributed by atoms with Gasteiger partial charge < -0.3 is 9.30 Å². The lowest BCUT2D eigenvalue weighted by molar-refractivity contribution is -0.138. The molecule has 2 aromatic rings. The maximum atomic E-state index is 12.8. The minimum Gasteiger partial charge on any atom is -0.342 e. The molecule has 3 rings (SSSR count). The van der Waals surface area contributed by atoms with Crippen LogP contribution in [0.4, 0.5) is 13.2 Å². The number of imidazole rings is 1. The Balaban J connectivity index is 1.81. The number of fused-ring (bicyclic) bond motifs is 1. The molecule has 0 N–H and O–H groups in total. The fraction of sp³-hybridized carbons (Fsp3) is 0.500. The number of carbonyl (C=O) groups is 1. The highest BCUT2D eigenvalue weighted by Crippen LogP contribution is 2.32. The Morgan fingerprint density at radius 2 is 2.00 bits per heavy atom. The molecule has 3 heterocycles. The number of piperidine rings is 1. The number of likely N-dealkylation sites (tertiary alicyclic amines) is 1. The van der Waals surface area contributed by atoms with E-state index in [0.29, 0.717) is 24.7 Å². The third-order valence-corrected chi connectivity index (χ3v) is 4.63. The second-order valence-electron chi connectivity index (χ2n) is 6.28. The van der Waals surface area contributed by atoms with Crippen LogP contribution in [0.5, 0.6) is 0 Å². The number of halogens is 4. The molecule has 0 spiro atoms. The highest BCUT2D eigenvalue weighted by Gasteiger charge is 2.32. The fourth-order valence-electron chi connectivity index (χ4n) is 2.87. The van der Waals surface area contributed by atoms with E-state index in [1.807, 2.05) is 0 Å². The van der Waals surface area contributed by atoms with Gasteiger partial charge >= 0.3 is 6.18 Å². The summed E-state index contributed by atoms with van der Waals surface area (Å²) in [6.45, 7) is 3.59. The molecule has 2 aromatic heterocycles. The number of hydrogen-bond acceptors (Lipinski definition) is 2. The van der Waals surface area contributed by atoms with Crippen molar-refractivity contribution in [3.8, 4) is 0 Å². The molecule has 0 atom stereocenters. The number of amides is 1. The van der Waals surface area contributed by atoms with Crippen LogP contribution >= 0.6 is 11.6 Å². The Bertz CT molecular complexity index is 764. The number of nitrogens with zero attached hydrogens (tertiary/aromatic N) is 3. The first-order chi connectivity index (χ1) is 11.2. The Hall–Kier alpha value is -1.76. The van der Waals surface area contributed by atoms with Crippen LogP contribution in [0, 0.1) is 5.92 Å². The predicted molar refractivity (Wildman–Crippen MR) is 83.9 cm³/mol. The molecule has 0 saturated carbocycles. The van der Waals surface area contributed by atoms with Gasteiger partial charge in [-0.15, -0.1) is 0 Å². The van der Waals surface area contributed by atoms with E-state index in [9.17, 15) is 18.0 Å². The van der Waals surface area contributed by atoms with Crippen LogP contribution in [0.3, 0.4) is 0 Å². The van der Waals surface area contributed by atoms with Crippen molar-refractivity contribution in [3.63, 3.8) is 0 Å². The van der Waals surface area contributed by atoms with Crippen LogP contribution in [0.25, 0.3) is 5.65 Å². The van der Waals surface area contributed by atoms with Crippen molar-refractivity contribution >= 4 is 23.2 Å². The van der Waals surface area contributed by atoms with E-state index in [1.165, 1.54) is 10.6 Å². The van der Waals surface area contributed by atoms with Crippen molar-refractivity contribution in [2.75, 3.05) is 13.1 Å². The summed E-state index contributed by atoms with van der Waals surface area (Å²) < 4.78 is 39.7. The van der Waals surface area contributed by atoms with Gasteiger partial charge in [-0.3, -0.25) is 4.79 Å². The van der Waals surface area contributed by atoms with Crippen LogP contribution in [0.1, 0.15) is 31.0 Å². The van der Waals surface area contributed by atoms with Gasteiger partial charge in [-0.25, -0.2) is 4.98 Å². The maximum absolute atomic E-state index is 12.8. The highest BCUT2D eigenvalue weighted by molar-refractivity contribution is 6.33. The second-order valence-corrected chi connectivity index (χ2v) is 6.68. The topological polar surface area (TPSA) is 37.6 Å². The molecule has 0 unspecified atom stereocenters. The van der Waals surface area contributed by atoms with E-state index in [0.717, 1.165) is 25.1 Å². The van der Waals surface area contributed by atoms with Gasteiger partial charge in [0.1, 0.15) is 0 Å². The number of aromatic nitrogens is 2. The standard InChI is InChI=1S/C16H17ClF3N3O/c1-10-2-4-22(5-3-10)14(24)7-12-9-23-8-11(16(18,19)20)6-13(17)15(23)21-12/h6,8-10H,2-5,7H2,1H3. The van der Waals surface area contributed by atoms with Crippen molar-refractivity contribution in [3.05, 3.63) is 34.7 Å². The Labute approximate surface area is 142 Å². The molecule has 130 valence electrons. The van der Waals surface area contributed by atoms with Crippen LogP contribution in [0.2, 0.25) is 5.02 Å². The smallest absolute Gasteiger partial charge is 0.342 e. The summed E-state index contributed by atoms with van der Waals surface area (Å²) in [5.74, 6) is 0.557. The largest absolute Gasteiger partial charge is 0.417 e. The number of hydrogen-bond donors (Lipinski definition) is 0. The summed E-state index contributed by atoms with van der Waals surface area (Å²) in [4.78, 5) is 18.3. The first kappa shape index (κ1) is 17.1. The van der Waals surface area contributed by atoms with Gasteiger partial charge in [0.2, 0.25) is 5.91 Å². The van der Waals surface area contributed by atoms with Crippen molar-refractivity contribution in [1.29, 1.82) is 0 Å². The number of rotatable bonds is 2. The van der Waals surface area contributed by atoms with E-state index < -0.39 is 11.7 Å². The second kappa shape index (κ2) is 6.27. The first-order valence-corrected chi connectivity index (χ1v) is 8.14. The lowest BCUT2D eigenvalue weighted by atomic mass is 9.99. The molecule has 1 aliphatic heterocycles. The molecule has 0 bridgehead atoms. The lowest BCUT2D eigenvalue weighted by Crippen LogP contribution is -2.38. The summed E-state index contributed by atoms with van der Waals surface area (Å²) in [7, 11) is 0. The van der Waals surface area contributed by atoms with Crippen molar-refractivity contribution < 1.29 is 18.0 Å². The average Bonchev–Trinajstić information content (AvgIpc) is 2.90. The SMILES string of the molecule is CC1CCN(C(=O)Cc2cn3cc(C(F)(F)F)cc(Cl)c3n2)CC1. The van der Waals surface area contributed by atoms with Crippen molar-refractivity contribution in [2.45, 2.75) is 32.4 Å². The zero-order valence-electron chi connectivity index (χ0n) is 13.1. The van der Waals surface area contributed by atoms with Crippen molar-refractivity contribution in [1.82, 2.24) is 14.3 Å². The van der Waals surface area contributed by atoms with E-state index in [4.69, 9.17) is 11.6 Å². The molecule has 1 saturated heterocycles. The first-order valence-electron chi connectivity index (χ1n) is 7.76. The van der Waals surface area contributed by atoms with Gasteiger partial charge in [0.25, 0.3) is 0 Å². The molecule has 4 nitrogen and oxygen atoms in total.